The molecule has 0 aliphatic heterocycles. The SMILES string of the molecule is COc1ccc(C(=O)CCC(=O)Nc2ccccc2)c(OC)c1. The van der Waals surface area contributed by atoms with E-state index in [2.05, 4.69) is 5.32 Å². The summed E-state index contributed by atoms with van der Waals surface area (Å²) in [7, 11) is 3.04. The van der Waals surface area contributed by atoms with Crippen LogP contribution in [0, 0.1) is 0 Å². The summed E-state index contributed by atoms with van der Waals surface area (Å²) >= 11 is 0. The molecule has 0 bridgehead atoms. The Hall–Kier alpha value is -2.82. The minimum absolute atomic E-state index is 0.112. The molecule has 1 amide bonds. The van der Waals surface area contributed by atoms with Crippen molar-refractivity contribution in [3.63, 3.8) is 0 Å². The van der Waals surface area contributed by atoms with E-state index in [9.17, 15) is 9.59 Å². The summed E-state index contributed by atoms with van der Waals surface area (Å²) in [5.74, 6) is 0.711. The maximum atomic E-state index is 12.3. The number of rotatable bonds is 7. The fourth-order valence-electron chi connectivity index (χ4n) is 2.14. The van der Waals surface area contributed by atoms with E-state index in [1.165, 1.54) is 7.11 Å². The second kappa shape index (κ2) is 7.98. The molecule has 0 radical (unpaired) electrons. The summed E-state index contributed by atoms with van der Waals surface area (Å²) in [4.78, 5) is 24.2. The Balaban J connectivity index is 1.95. The van der Waals surface area contributed by atoms with Gasteiger partial charge >= 0.3 is 0 Å². The standard InChI is InChI=1S/C18H19NO4/c1-22-14-8-9-15(17(12-14)23-2)16(20)10-11-18(21)19-13-6-4-3-5-7-13/h3-9,12H,10-11H2,1-2H3,(H,19,21). The number of hydrogen-bond acceptors (Lipinski definition) is 4. The molecule has 0 aliphatic rings. The van der Waals surface area contributed by atoms with Gasteiger partial charge in [-0.15, -0.1) is 0 Å². The first kappa shape index (κ1) is 16.5. The quantitative estimate of drug-likeness (QED) is 0.797. The number of Topliss-reactive ketones (excluding diaryl/α,β-unsaturated/α-hetero) is 1. The maximum absolute atomic E-state index is 12.3. The van der Waals surface area contributed by atoms with E-state index in [0.717, 1.165) is 0 Å². The summed E-state index contributed by atoms with van der Waals surface area (Å²) in [5, 5.41) is 2.75. The van der Waals surface area contributed by atoms with E-state index in [-0.39, 0.29) is 24.5 Å². The first-order valence-corrected chi connectivity index (χ1v) is 7.24. The molecule has 0 unspecified atom stereocenters. The predicted molar refractivity (Wildman–Crippen MR) is 88.2 cm³/mol. The number of carbonyl (C=O) groups is 2. The Kier molecular flexibility index (Phi) is 5.74. The maximum Gasteiger partial charge on any atom is 0.224 e. The molecule has 0 heterocycles. The number of methoxy groups -OCH3 is 2. The van der Waals surface area contributed by atoms with Gasteiger partial charge in [0.2, 0.25) is 5.91 Å². The second-order valence-electron chi connectivity index (χ2n) is 4.90. The molecule has 0 aromatic heterocycles. The Morgan fingerprint density at radius 2 is 1.70 bits per heavy atom. The van der Waals surface area contributed by atoms with Crippen LogP contribution < -0.4 is 14.8 Å². The third kappa shape index (κ3) is 4.57. The zero-order valence-electron chi connectivity index (χ0n) is 13.2. The van der Waals surface area contributed by atoms with Gasteiger partial charge in [-0.25, -0.2) is 0 Å². The van der Waals surface area contributed by atoms with Crippen LogP contribution in [0.15, 0.2) is 48.5 Å². The number of ketones is 1. The van der Waals surface area contributed by atoms with Crippen molar-refractivity contribution in [2.24, 2.45) is 0 Å². The summed E-state index contributed by atoms with van der Waals surface area (Å²) in [5.41, 5.74) is 1.16. The summed E-state index contributed by atoms with van der Waals surface area (Å²) < 4.78 is 10.3. The van der Waals surface area contributed by atoms with Crippen molar-refractivity contribution in [3.8, 4) is 11.5 Å². The van der Waals surface area contributed by atoms with Crippen molar-refractivity contribution in [2.45, 2.75) is 12.8 Å². The fraction of sp³-hybridized carbons (Fsp3) is 0.222. The van der Waals surface area contributed by atoms with E-state index in [0.29, 0.717) is 22.7 Å². The number of para-hydroxylation sites is 1. The zero-order valence-corrected chi connectivity index (χ0v) is 13.2. The Labute approximate surface area is 135 Å². The third-order valence-corrected chi connectivity index (χ3v) is 3.35. The molecule has 2 rings (SSSR count). The van der Waals surface area contributed by atoms with E-state index in [1.54, 1.807) is 37.4 Å². The third-order valence-electron chi connectivity index (χ3n) is 3.35. The van der Waals surface area contributed by atoms with E-state index in [4.69, 9.17) is 9.47 Å². The lowest BCUT2D eigenvalue weighted by molar-refractivity contribution is -0.116. The van der Waals surface area contributed by atoms with Crippen molar-refractivity contribution >= 4 is 17.4 Å². The minimum atomic E-state index is -0.197. The Morgan fingerprint density at radius 1 is 0.957 bits per heavy atom. The van der Waals surface area contributed by atoms with Gasteiger partial charge in [-0.3, -0.25) is 9.59 Å². The van der Waals surface area contributed by atoms with Crippen molar-refractivity contribution in [2.75, 3.05) is 19.5 Å². The molecule has 0 atom stereocenters. The smallest absolute Gasteiger partial charge is 0.224 e. The number of carbonyl (C=O) groups excluding carboxylic acids is 2. The fourth-order valence-corrected chi connectivity index (χ4v) is 2.14. The lowest BCUT2D eigenvalue weighted by Gasteiger charge is -2.09. The largest absolute Gasteiger partial charge is 0.497 e. The lowest BCUT2D eigenvalue weighted by atomic mass is 10.0. The van der Waals surface area contributed by atoms with Crippen LogP contribution in [-0.4, -0.2) is 25.9 Å². The Morgan fingerprint density at radius 3 is 2.35 bits per heavy atom. The molecule has 0 spiro atoms. The molecule has 0 fully saturated rings. The first-order chi connectivity index (χ1) is 11.1. The summed E-state index contributed by atoms with van der Waals surface area (Å²) in [6.07, 6.45) is 0.226. The highest BCUT2D eigenvalue weighted by Gasteiger charge is 2.15. The monoisotopic (exact) mass is 313 g/mol. The lowest BCUT2D eigenvalue weighted by Crippen LogP contribution is -2.13. The van der Waals surface area contributed by atoms with Crippen LogP contribution in [0.5, 0.6) is 11.5 Å². The summed E-state index contributed by atoms with van der Waals surface area (Å²) in [6, 6.07) is 14.1. The number of benzene rings is 2. The van der Waals surface area contributed by atoms with Gasteiger partial charge in [-0.1, -0.05) is 18.2 Å². The van der Waals surface area contributed by atoms with Gasteiger partial charge < -0.3 is 14.8 Å². The van der Waals surface area contributed by atoms with E-state index >= 15 is 0 Å². The van der Waals surface area contributed by atoms with Gasteiger partial charge in [0, 0.05) is 24.6 Å². The average Bonchev–Trinajstić information content (AvgIpc) is 2.60. The second-order valence-corrected chi connectivity index (χ2v) is 4.90. The molecule has 0 aliphatic carbocycles. The van der Waals surface area contributed by atoms with Crippen LogP contribution in [0.1, 0.15) is 23.2 Å². The van der Waals surface area contributed by atoms with Crippen molar-refractivity contribution in [1.29, 1.82) is 0 Å². The normalized spacial score (nSPS) is 10.0. The zero-order chi connectivity index (χ0) is 16.7. The van der Waals surface area contributed by atoms with Crippen LogP contribution in [-0.2, 0) is 4.79 Å². The van der Waals surface area contributed by atoms with E-state index in [1.807, 2.05) is 18.2 Å². The highest BCUT2D eigenvalue weighted by atomic mass is 16.5. The van der Waals surface area contributed by atoms with Crippen molar-refractivity contribution in [3.05, 3.63) is 54.1 Å². The van der Waals surface area contributed by atoms with Crippen LogP contribution >= 0.6 is 0 Å². The molecule has 1 N–H and O–H groups in total. The van der Waals surface area contributed by atoms with Gasteiger partial charge in [-0.2, -0.15) is 0 Å². The molecule has 23 heavy (non-hydrogen) atoms. The molecule has 120 valence electrons. The van der Waals surface area contributed by atoms with Crippen molar-refractivity contribution in [1.82, 2.24) is 0 Å². The average molecular weight is 313 g/mol. The van der Waals surface area contributed by atoms with Gasteiger partial charge in [0.25, 0.3) is 0 Å². The first-order valence-electron chi connectivity index (χ1n) is 7.24. The number of nitrogens with one attached hydrogen (secondary N) is 1. The van der Waals surface area contributed by atoms with Gasteiger partial charge in [-0.05, 0) is 24.3 Å². The Bertz CT molecular complexity index is 683. The van der Waals surface area contributed by atoms with Gasteiger partial charge in [0.05, 0.1) is 19.8 Å². The van der Waals surface area contributed by atoms with Crippen LogP contribution in [0.3, 0.4) is 0 Å². The molecule has 5 heteroatoms. The van der Waals surface area contributed by atoms with Crippen LogP contribution in [0.25, 0.3) is 0 Å². The molecule has 5 nitrogen and oxygen atoms in total. The number of hydrogen-bond donors (Lipinski definition) is 1. The van der Waals surface area contributed by atoms with Crippen LogP contribution in [0.4, 0.5) is 5.69 Å². The van der Waals surface area contributed by atoms with Gasteiger partial charge in [0.15, 0.2) is 5.78 Å². The topological polar surface area (TPSA) is 64.6 Å². The molecular weight excluding hydrogens is 294 g/mol. The molecule has 2 aromatic carbocycles. The van der Waals surface area contributed by atoms with E-state index < -0.39 is 0 Å². The highest BCUT2D eigenvalue weighted by molar-refractivity contribution is 6.01. The predicted octanol–water partition coefficient (Wildman–Crippen LogP) is 3.31. The molecule has 0 saturated carbocycles. The number of amides is 1. The van der Waals surface area contributed by atoms with Crippen LogP contribution in [0.2, 0.25) is 0 Å². The number of anilines is 1. The van der Waals surface area contributed by atoms with Gasteiger partial charge in [0.1, 0.15) is 11.5 Å². The number of ether oxygens (including phenoxy) is 2. The molecular formula is C18H19NO4. The minimum Gasteiger partial charge on any atom is -0.497 e. The summed E-state index contributed by atoms with van der Waals surface area (Å²) in [6.45, 7) is 0. The molecule has 2 aromatic rings. The van der Waals surface area contributed by atoms with Crippen molar-refractivity contribution < 1.29 is 19.1 Å². The highest BCUT2D eigenvalue weighted by Crippen LogP contribution is 2.26. The molecule has 0 saturated heterocycles.